The zero-order chi connectivity index (χ0) is 28.3. The fraction of sp³-hybridized carbons (Fsp3) is 0.310. The highest BCUT2D eigenvalue weighted by atomic mass is 35.5. The SMILES string of the molecule is CCn1cncc1Cn1c(CN2CCN(c3cccc(OCc4ccc(Cl)cc4F)n3)CC2)nc2sc(C=O)cc21. The highest BCUT2D eigenvalue weighted by Gasteiger charge is 2.22. The summed E-state index contributed by atoms with van der Waals surface area (Å²) in [6.07, 6.45) is 4.62. The van der Waals surface area contributed by atoms with Gasteiger partial charge >= 0.3 is 0 Å². The van der Waals surface area contributed by atoms with Crippen molar-refractivity contribution in [1.82, 2.24) is 29.0 Å². The molecule has 0 bridgehead atoms. The number of imidazole rings is 2. The summed E-state index contributed by atoms with van der Waals surface area (Å²) in [4.78, 5) is 31.5. The molecule has 1 fully saturated rings. The summed E-state index contributed by atoms with van der Waals surface area (Å²) in [7, 11) is 0. The molecule has 12 heteroatoms. The summed E-state index contributed by atoms with van der Waals surface area (Å²) in [6.45, 7) is 7.65. The van der Waals surface area contributed by atoms with Crippen molar-refractivity contribution in [3.8, 4) is 5.88 Å². The number of carbonyl (C=O) groups excluding carboxylic acids is 1. The predicted molar refractivity (Wildman–Crippen MR) is 157 cm³/mol. The van der Waals surface area contributed by atoms with E-state index in [1.807, 2.05) is 30.7 Å². The number of halogens is 2. The van der Waals surface area contributed by atoms with Gasteiger partial charge in [0.25, 0.3) is 0 Å². The lowest BCUT2D eigenvalue weighted by Crippen LogP contribution is -2.46. The van der Waals surface area contributed by atoms with E-state index in [9.17, 15) is 9.18 Å². The molecule has 4 aromatic heterocycles. The van der Waals surface area contributed by atoms with Crippen LogP contribution in [0.25, 0.3) is 10.3 Å². The highest BCUT2D eigenvalue weighted by molar-refractivity contribution is 7.20. The van der Waals surface area contributed by atoms with Crippen LogP contribution >= 0.6 is 22.9 Å². The summed E-state index contributed by atoms with van der Waals surface area (Å²) >= 11 is 7.27. The van der Waals surface area contributed by atoms with Gasteiger partial charge in [0.15, 0.2) is 6.29 Å². The minimum atomic E-state index is -0.398. The molecule has 6 rings (SSSR count). The fourth-order valence-electron chi connectivity index (χ4n) is 5.05. The molecule has 0 saturated carbocycles. The van der Waals surface area contributed by atoms with Crippen LogP contribution in [-0.4, -0.2) is 61.5 Å². The van der Waals surface area contributed by atoms with E-state index in [2.05, 4.69) is 35.8 Å². The molecule has 212 valence electrons. The Kier molecular flexibility index (Phi) is 8.00. The number of hydrogen-bond acceptors (Lipinski definition) is 8. The number of aromatic nitrogens is 5. The Labute approximate surface area is 245 Å². The van der Waals surface area contributed by atoms with Crippen molar-refractivity contribution in [3.05, 3.63) is 87.8 Å². The maximum absolute atomic E-state index is 14.1. The van der Waals surface area contributed by atoms with Gasteiger partial charge in [-0.1, -0.05) is 23.7 Å². The number of aldehydes is 1. The van der Waals surface area contributed by atoms with Crippen LogP contribution in [0.3, 0.4) is 0 Å². The van der Waals surface area contributed by atoms with Gasteiger partial charge in [-0.25, -0.2) is 14.4 Å². The molecule has 0 unspecified atom stereocenters. The molecular formula is C29H29ClFN7O2S. The van der Waals surface area contributed by atoms with Gasteiger partial charge in [-0.2, -0.15) is 4.98 Å². The number of hydrogen-bond donors (Lipinski definition) is 0. The van der Waals surface area contributed by atoms with Gasteiger partial charge in [-0.3, -0.25) is 9.69 Å². The van der Waals surface area contributed by atoms with E-state index in [1.54, 1.807) is 18.2 Å². The Morgan fingerprint density at radius 2 is 1.95 bits per heavy atom. The number of nitrogens with zero attached hydrogens (tertiary/aromatic N) is 7. The van der Waals surface area contributed by atoms with E-state index < -0.39 is 5.82 Å². The van der Waals surface area contributed by atoms with Crippen LogP contribution in [0.15, 0.2) is 55.0 Å². The summed E-state index contributed by atoms with van der Waals surface area (Å²) in [5, 5.41) is 0.352. The maximum atomic E-state index is 14.1. The van der Waals surface area contributed by atoms with Crippen LogP contribution in [0.2, 0.25) is 5.02 Å². The normalized spacial score (nSPS) is 14.2. The van der Waals surface area contributed by atoms with Crippen molar-refractivity contribution in [1.29, 1.82) is 0 Å². The van der Waals surface area contributed by atoms with Crippen LogP contribution in [-0.2, 0) is 26.2 Å². The number of rotatable bonds is 10. The standard InChI is InChI=1S/C29H29ClFN7O2S/c1-2-36-19-32-14-22(36)15-38-25-13-23(17-39)41-29(25)34-27(38)16-35-8-10-37(11-9-35)26-4-3-5-28(33-26)40-18-20-6-7-21(30)12-24(20)31/h3-7,12-14,17,19H,2,8-11,15-16,18H2,1H3. The average molecular weight is 594 g/mol. The lowest BCUT2D eigenvalue weighted by molar-refractivity contribution is 0.112. The summed E-state index contributed by atoms with van der Waals surface area (Å²) in [5.41, 5.74) is 2.51. The first kappa shape index (κ1) is 27.4. The van der Waals surface area contributed by atoms with Crippen molar-refractivity contribution in [2.24, 2.45) is 0 Å². The van der Waals surface area contributed by atoms with Gasteiger partial charge in [-0.15, -0.1) is 11.3 Å². The molecule has 1 aliphatic heterocycles. The molecule has 1 aromatic carbocycles. The third kappa shape index (κ3) is 5.97. The first-order valence-electron chi connectivity index (χ1n) is 13.4. The zero-order valence-corrected chi connectivity index (χ0v) is 24.1. The molecular weight excluding hydrogens is 565 g/mol. The van der Waals surface area contributed by atoms with Crippen molar-refractivity contribution in [2.45, 2.75) is 33.2 Å². The largest absolute Gasteiger partial charge is 0.473 e. The number of piperazine rings is 1. The first-order valence-corrected chi connectivity index (χ1v) is 14.6. The van der Waals surface area contributed by atoms with Crippen LogP contribution in [0.1, 0.15) is 33.7 Å². The van der Waals surface area contributed by atoms with E-state index >= 15 is 0 Å². The van der Waals surface area contributed by atoms with Crippen LogP contribution in [0.5, 0.6) is 5.88 Å². The first-order chi connectivity index (χ1) is 20.0. The summed E-state index contributed by atoms with van der Waals surface area (Å²) in [6, 6.07) is 12.1. The zero-order valence-electron chi connectivity index (χ0n) is 22.5. The Balaban J connectivity index is 1.12. The van der Waals surface area contributed by atoms with Crippen LogP contribution < -0.4 is 9.64 Å². The van der Waals surface area contributed by atoms with E-state index in [1.165, 1.54) is 17.4 Å². The summed E-state index contributed by atoms with van der Waals surface area (Å²) in [5.74, 6) is 1.85. The third-order valence-corrected chi connectivity index (χ3v) is 8.46. The van der Waals surface area contributed by atoms with Crippen LogP contribution in [0.4, 0.5) is 10.2 Å². The molecule has 0 N–H and O–H groups in total. The number of ether oxygens (including phenoxy) is 1. The molecule has 0 amide bonds. The number of thiophene rings is 1. The summed E-state index contributed by atoms with van der Waals surface area (Å²) < 4.78 is 24.2. The number of fused-ring (bicyclic) bond motifs is 1. The Morgan fingerprint density at radius 1 is 1.10 bits per heavy atom. The highest BCUT2D eigenvalue weighted by Crippen LogP contribution is 2.28. The van der Waals surface area contributed by atoms with E-state index in [0.29, 0.717) is 34.4 Å². The molecule has 5 heterocycles. The minimum Gasteiger partial charge on any atom is -0.473 e. The number of benzene rings is 1. The lowest BCUT2D eigenvalue weighted by atomic mass is 10.2. The van der Waals surface area contributed by atoms with E-state index in [-0.39, 0.29) is 6.61 Å². The number of pyridine rings is 1. The molecule has 0 spiro atoms. The monoisotopic (exact) mass is 593 g/mol. The number of carbonyl (C=O) groups is 1. The fourth-order valence-corrected chi connectivity index (χ4v) is 6.07. The topological polar surface area (TPSA) is 81.3 Å². The second kappa shape index (κ2) is 12.0. The average Bonchev–Trinajstić information content (AvgIpc) is 3.69. The van der Waals surface area contributed by atoms with Crippen molar-refractivity contribution in [2.75, 3.05) is 31.1 Å². The van der Waals surface area contributed by atoms with Gasteiger partial charge in [0.05, 0.1) is 35.5 Å². The van der Waals surface area contributed by atoms with Gasteiger partial charge in [0.2, 0.25) is 5.88 Å². The van der Waals surface area contributed by atoms with Crippen molar-refractivity contribution >= 4 is 45.4 Å². The maximum Gasteiger partial charge on any atom is 0.215 e. The minimum absolute atomic E-state index is 0.0741. The lowest BCUT2D eigenvalue weighted by Gasteiger charge is -2.35. The predicted octanol–water partition coefficient (Wildman–Crippen LogP) is 5.26. The quantitative estimate of drug-likeness (QED) is 0.204. The molecule has 0 aliphatic carbocycles. The molecule has 1 saturated heterocycles. The Morgan fingerprint density at radius 3 is 2.73 bits per heavy atom. The smallest absolute Gasteiger partial charge is 0.215 e. The third-order valence-electron chi connectivity index (χ3n) is 7.28. The number of anilines is 1. The van der Waals surface area contributed by atoms with E-state index in [0.717, 1.165) is 66.7 Å². The van der Waals surface area contributed by atoms with Crippen LogP contribution in [0, 0.1) is 5.82 Å². The van der Waals surface area contributed by atoms with Gasteiger partial charge in [0.1, 0.15) is 28.9 Å². The molecule has 1 aliphatic rings. The van der Waals surface area contributed by atoms with Gasteiger partial charge < -0.3 is 18.8 Å². The number of aryl methyl sites for hydroxylation is 1. The van der Waals surface area contributed by atoms with Crippen molar-refractivity contribution in [3.63, 3.8) is 0 Å². The molecule has 0 radical (unpaired) electrons. The van der Waals surface area contributed by atoms with E-state index in [4.69, 9.17) is 21.3 Å². The molecule has 0 atom stereocenters. The second-order valence-corrected chi connectivity index (χ2v) is 11.4. The van der Waals surface area contributed by atoms with Crippen molar-refractivity contribution < 1.29 is 13.9 Å². The Bertz CT molecular complexity index is 1670. The van der Waals surface area contributed by atoms with Gasteiger partial charge in [-0.05, 0) is 31.2 Å². The molecule has 9 nitrogen and oxygen atoms in total. The van der Waals surface area contributed by atoms with Gasteiger partial charge in [0, 0.05) is 55.6 Å². The Hall–Kier alpha value is -3.80. The molecule has 5 aromatic rings. The second-order valence-electron chi connectivity index (χ2n) is 9.86. The molecule has 41 heavy (non-hydrogen) atoms.